The van der Waals surface area contributed by atoms with Crippen LogP contribution in [0.15, 0.2) is 12.4 Å². The molecule has 98 valence electrons. The molecule has 2 unspecified atom stereocenters. The lowest BCUT2D eigenvalue weighted by Crippen LogP contribution is -2.53. The van der Waals surface area contributed by atoms with E-state index in [2.05, 4.69) is 4.98 Å². The highest BCUT2D eigenvalue weighted by molar-refractivity contribution is 4.93. The molecule has 1 aromatic rings. The summed E-state index contributed by atoms with van der Waals surface area (Å²) in [6.07, 6.45) is -1.09. The zero-order chi connectivity index (χ0) is 13.2. The molecule has 0 aliphatic carbocycles. The molecule has 0 bridgehead atoms. The fraction of sp³-hybridized carbons (Fsp3) is 0.700. The summed E-state index contributed by atoms with van der Waals surface area (Å²) in [5.74, 6) is 0.572. The predicted octanol–water partition coefficient (Wildman–Crippen LogP) is 1.13. The summed E-state index contributed by atoms with van der Waals surface area (Å²) in [4.78, 5) is 5.17. The number of hydrogen-bond donors (Lipinski definition) is 1. The lowest BCUT2D eigenvalue weighted by molar-refractivity contribution is -0.186. The van der Waals surface area contributed by atoms with E-state index in [1.165, 1.54) is 18.9 Å². The van der Waals surface area contributed by atoms with Gasteiger partial charge in [0.15, 0.2) is 0 Å². The summed E-state index contributed by atoms with van der Waals surface area (Å²) in [5, 5.41) is 0. The highest BCUT2D eigenvalue weighted by Gasteiger charge is 2.44. The molecule has 0 saturated carbocycles. The number of halogens is 3. The Hall–Kier alpha value is -1.08. The molecule has 0 aliphatic heterocycles. The third kappa shape index (κ3) is 3.44. The van der Waals surface area contributed by atoms with Crippen LogP contribution in [0.25, 0.3) is 0 Å². The van der Waals surface area contributed by atoms with Gasteiger partial charge in [-0.15, -0.1) is 0 Å². The number of imidazole rings is 1. The van der Waals surface area contributed by atoms with Crippen LogP contribution in [0.3, 0.4) is 0 Å². The quantitative estimate of drug-likeness (QED) is 0.871. The van der Waals surface area contributed by atoms with Crippen molar-refractivity contribution in [2.45, 2.75) is 31.7 Å². The normalized spacial score (nSPS) is 16.2. The van der Waals surface area contributed by atoms with Gasteiger partial charge in [-0.3, -0.25) is 4.90 Å². The largest absolute Gasteiger partial charge is 0.405 e. The molecule has 2 atom stereocenters. The standard InChI is InChI=1S/C10H17F3N4/c1-7(14)9(10(11,12)13)17(3)6-8-15-4-5-16(8)2/h4-5,7,9H,6,14H2,1-3H3. The van der Waals surface area contributed by atoms with E-state index in [4.69, 9.17) is 5.73 Å². The first kappa shape index (κ1) is 14.0. The molecular weight excluding hydrogens is 233 g/mol. The molecule has 0 aromatic carbocycles. The number of alkyl halides is 3. The second kappa shape index (κ2) is 5.05. The maximum Gasteiger partial charge on any atom is 0.405 e. The van der Waals surface area contributed by atoms with Crippen LogP contribution in [0, 0.1) is 0 Å². The Bertz CT molecular complexity index is 359. The second-order valence-electron chi connectivity index (χ2n) is 4.22. The summed E-state index contributed by atoms with van der Waals surface area (Å²) in [7, 11) is 3.14. The Morgan fingerprint density at radius 3 is 2.47 bits per heavy atom. The van der Waals surface area contributed by atoms with E-state index >= 15 is 0 Å². The highest BCUT2D eigenvalue weighted by Crippen LogP contribution is 2.26. The van der Waals surface area contributed by atoms with Gasteiger partial charge in [-0.05, 0) is 14.0 Å². The van der Waals surface area contributed by atoms with Gasteiger partial charge in [0.1, 0.15) is 11.9 Å². The molecule has 1 heterocycles. The van der Waals surface area contributed by atoms with Gasteiger partial charge in [-0.2, -0.15) is 13.2 Å². The smallest absolute Gasteiger partial charge is 0.337 e. The van der Waals surface area contributed by atoms with Gasteiger partial charge in [0.2, 0.25) is 0 Å². The third-order valence-electron chi connectivity index (χ3n) is 2.62. The molecule has 4 nitrogen and oxygen atoms in total. The minimum atomic E-state index is -4.34. The molecule has 1 rings (SSSR count). The van der Waals surface area contributed by atoms with Gasteiger partial charge < -0.3 is 10.3 Å². The van der Waals surface area contributed by atoms with Crippen LogP contribution < -0.4 is 5.73 Å². The monoisotopic (exact) mass is 250 g/mol. The molecule has 7 heteroatoms. The van der Waals surface area contributed by atoms with Crippen LogP contribution in [0.5, 0.6) is 0 Å². The minimum Gasteiger partial charge on any atom is -0.337 e. The number of hydrogen-bond acceptors (Lipinski definition) is 3. The van der Waals surface area contributed by atoms with Crippen molar-refractivity contribution in [1.29, 1.82) is 0 Å². The van der Waals surface area contributed by atoms with Crippen LogP contribution in [0.4, 0.5) is 13.2 Å². The van der Waals surface area contributed by atoms with Crippen LogP contribution >= 0.6 is 0 Å². The molecule has 1 aromatic heterocycles. The van der Waals surface area contributed by atoms with E-state index in [1.54, 1.807) is 24.0 Å². The molecule has 2 N–H and O–H groups in total. The SMILES string of the molecule is CC(N)C(N(C)Cc1nccn1C)C(F)(F)F. The number of nitrogens with two attached hydrogens (primary N) is 1. The molecule has 17 heavy (non-hydrogen) atoms. The van der Waals surface area contributed by atoms with Gasteiger partial charge >= 0.3 is 6.18 Å². The van der Waals surface area contributed by atoms with Gasteiger partial charge in [-0.1, -0.05) is 0 Å². The Balaban J connectivity index is 2.80. The van der Waals surface area contributed by atoms with Crippen molar-refractivity contribution >= 4 is 0 Å². The summed E-state index contributed by atoms with van der Waals surface area (Å²) in [5.41, 5.74) is 5.40. The van der Waals surface area contributed by atoms with Crippen LogP contribution in [0.2, 0.25) is 0 Å². The van der Waals surface area contributed by atoms with Crippen molar-refractivity contribution in [3.05, 3.63) is 18.2 Å². The maximum absolute atomic E-state index is 12.8. The zero-order valence-electron chi connectivity index (χ0n) is 10.1. The van der Waals surface area contributed by atoms with Crippen LogP contribution in [0.1, 0.15) is 12.7 Å². The summed E-state index contributed by atoms with van der Waals surface area (Å²) in [6.45, 7) is 1.46. The molecule has 0 saturated heterocycles. The van der Waals surface area contributed by atoms with E-state index in [-0.39, 0.29) is 6.54 Å². The zero-order valence-corrected chi connectivity index (χ0v) is 10.1. The fourth-order valence-electron chi connectivity index (χ4n) is 1.82. The number of likely N-dealkylation sites (N-methyl/N-ethyl adjacent to an activating group) is 1. The van der Waals surface area contributed by atoms with Crippen molar-refractivity contribution in [2.24, 2.45) is 12.8 Å². The number of aryl methyl sites for hydroxylation is 1. The minimum absolute atomic E-state index is 0.106. The van der Waals surface area contributed by atoms with Crippen molar-refractivity contribution in [3.63, 3.8) is 0 Å². The Morgan fingerprint density at radius 2 is 2.12 bits per heavy atom. The van der Waals surface area contributed by atoms with Gasteiger partial charge in [0.25, 0.3) is 0 Å². The number of nitrogens with zero attached hydrogens (tertiary/aromatic N) is 3. The topological polar surface area (TPSA) is 47.1 Å². The van der Waals surface area contributed by atoms with Crippen LogP contribution in [-0.2, 0) is 13.6 Å². The maximum atomic E-state index is 12.8. The van der Waals surface area contributed by atoms with Crippen molar-refractivity contribution < 1.29 is 13.2 Å². The van der Waals surface area contributed by atoms with E-state index in [9.17, 15) is 13.2 Å². The second-order valence-corrected chi connectivity index (χ2v) is 4.22. The number of aromatic nitrogens is 2. The first-order valence-corrected chi connectivity index (χ1v) is 5.22. The summed E-state index contributed by atoms with van der Waals surface area (Å²) in [6, 6.07) is -2.65. The lowest BCUT2D eigenvalue weighted by atomic mass is 10.1. The molecule has 0 radical (unpaired) electrons. The van der Waals surface area contributed by atoms with Gasteiger partial charge in [-0.25, -0.2) is 4.98 Å². The van der Waals surface area contributed by atoms with Crippen molar-refractivity contribution in [2.75, 3.05) is 7.05 Å². The Morgan fingerprint density at radius 1 is 1.53 bits per heavy atom. The summed E-state index contributed by atoms with van der Waals surface area (Å²) >= 11 is 0. The van der Waals surface area contributed by atoms with E-state index in [0.717, 1.165) is 0 Å². The molecule has 0 fully saturated rings. The number of rotatable bonds is 4. The first-order valence-electron chi connectivity index (χ1n) is 5.22. The average molecular weight is 250 g/mol. The van der Waals surface area contributed by atoms with Crippen molar-refractivity contribution in [3.8, 4) is 0 Å². The van der Waals surface area contributed by atoms with Gasteiger partial charge in [0, 0.05) is 25.5 Å². The molecule has 0 spiro atoms. The highest BCUT2D eigenvalue weighted by atomic mass is 19.4. The van der Waals surface area contributed by atoms with E-state index in [1.807, 2.05) is 0 Å². The molecule has 0 aliphatic rings. The molecular formula is C10H17F3N4. The summed E-state index contributed by atoms with van der Waals surface area (Å²) < 4.78 is 40.1. The first-order chi connectivity index (χ1) is 7.73. The average Bonchev–Trinajstić information content (AvgIpc) is 2.48. The van der Waals surface area contributed by atoms with E-state index < -0.39 is 18.3 Å². The van der Waals surface area contributed by atoms with Crippen molar-refractivity contribution in [1.82, 2.24) is 14.5 Å². The third-order valence-corrected chi connectivity index (χ3v) is 2.62. The molecule has 0 amide bonds. The lowest BCUT2D eigenvalue weighted by Gasteiger charge is -2.32. The van der Waals surface area contributed by atoms with Crippen LogP contribution in [-0.4, -0.2) is 39.8 Å². The van der Waals surface area contributed by atoms with E-state index in [0.29, 0.717) is 5.82 Å². The van der Waals surface area contributed by atoms with Gasteiger partial charge in [0.05, 0.1) is 6.54 Å². The Labute approximate surface area is 98.2 Å². The predicted molar refractivity (Wildman–Crippen MR) is 58.2 cm³/mol. The fourth-order valence-corrected chi connectivity index (χ4v) is 1.82. The Kier molecular flexibility index (Phi) is 4.16.